The van der Waals surface area contributed by atoms with Crippen LogP contribution in [0.25, 0.3) is 0 Å². The van der Waals surface area contributed by atoms with Crippen molar-refractivity contribution in [2.75, 3.05) is 6.61 Å². The van der Waals surface area contributed by atoms with Crippen LogP contribution >= 0.6 is 0 Å². The van der Waals surface area contributed by atoms with Crippen LogP contribution in [-0.2, 0) is 18.0 Å². The van der Waals surface area contributed by atoms with Crippen molar-refractivity contribution in [3.05, 3.63) is 63.7 Å². The zero-order valence-corrected chi connectivity index (χ0v) is 11.7. The molecule has 0 N–H and O–H groups in total. The lowest BCUT2D eigenvalue weighted by molar-refractivity contribution is 0.110. The van der Waals surface area contributed by atoms with Gasteiger partial charge >= 0.3 is 0 Å². The molecule has 0 saturated carbocycles. The van der Waals surface area contributed by atoms with Crippen LogP contribution in [0.3, 0.4) is 0 Å². The Labute approximate surface area is 118 Å². The molecule has 0 radical (unpaired) electrons. The quantitative estimate of drug-likeness (QED) is 0.812. The van der Waals surface area contributed by atoms with E-state index in [0.717, 1.165) is 5.56 Å². The molecular weight excluding hydrogens is 256 g/mol. The van der Waals surface area contributed by atoms with Gasteiger partial charge in [-0.3, -0.25) is 4.79 Å². The van der Waals surface area contributed by atoms with Crippen molar-refractivity contribution >= 4 is 0 Å². The van der Waals surface area contributed by atoms with Gasteiger partial charge in [-0.2, -0.15) is 0 Å². The van der Waals surface area contributed by atoms with Gasteiger partial charge in [-0.25, -0.2) is 0 Å². The largest absolute Gasteiger partial charge is 0.482 e. The summed E-state index contributed by atoms with van der Waals surface area (Å²) in [6.45, 7) is 4.73. The molecule has 0 atom stereocenters. The molecule has 1 aromatic heterocycles. The fourth-order valence-corrected chi connectivity index (χ4v) is 1.83. The molecule has 2 aromatic rings. The van der Waals surface area contributed by atoms with Crippen LogP contribution in [0.4, 0.5) is 0 Å². The van der Waals surface area contributed by atoms with E-state index in [4.69, 9.17) is 13.9 Å². The van der Waals surface area contributed by atoms with Crippen molar-refractivity contribution in [2.24, 2.45) is 0 Å². The van der Waals surface area contributed by atoms with E-state index in [1.807, 2.05) is 37.3 Å². The predicted octanol–water partition coefficient (Wildman–Crippen LogP) is 3.06. The van der Waals surface area contributed by atoms with E-state index < -0.39 is 0 Å². The molecule has 1 heterocycles. The van der Waals surface area contributed by atoms with Crippen LogP contribution in [0, 0.1) is 6.92 Å². The Bertz CT molecular complexity index is 602. The first-order valence-electron chi connectivity index (χ1n) is 6.58. The Kier molecular flexibility index (Phi) is 4.96. The summed E-state index contributed by atoms with van der Waals surface area (Å²) in [4.78, 5) is 12.0. The number of hydrogen-bond donors (Lipinski definition) is 0. The second-order valence-corrected chi connectivity index (χ2v) is 4.39. The highest BCUT2D eigenvalue weighted by Crippen LogP contribution is 2.17. The van der Waals surface area contributed by atoms with Crippen molar-refractivity contribution in [1.82, 2.24) is 0 Å². The number of aryl methyl sites for hydroxylation is 1. The maximum atomic E-state index is 12.0. The predicted molar refractivity (Wildman–Crippen MR) is 75.8 cm³/mol. The fraction of sp³-hybridized carbons (Fsp3) is 0.312. The minimum Gasteiger partial charge on any atom is -0.482 e. The van der Waals surface area contributed by atoms with E-state index >= 15 is 0 Å². The van der Waals surface area contributed by atoms with Crippen LogP contribution < -0.4 is 10.2 Å². The van der Waals surface area contributed by atoms with Crippen molar-refractivity contribution in [2.45, 2.75) is 27.1 Å². The van der Waals surface area contributed by atoms with Crippen LogP contribution in [0.2, 0.25) is 0 Å². The van der Waals surface area contributed by atoms with E-state index in [1.165, 1.54) is 6.07 Å². The van der Waals surface area contributed by atoms with Gasteiger partial charge in [0.25, 0.3) is 0 Å². The van der Waals surface area contributed by atoms with Gasteiger partial charge < -0.3 is 13.9 Å². The zero-order chi connectivity index (χ0) is 14.4. The molecule has 0 unspecified atom stereocenters. The summed E-state index contributed by atoms with van der Waals surface area (Å²) in [6, 6.07) is 11.1. The van der Waals surface area contributed by atoms with Crippen molar-refractivity contribution in [1.29, 1.82) is 0 Å². The summed E-state index contributed by atoms with van der Waals surface area (Å²) >= 11 is 0. The number of ether oxygens (including phenoxy) is 2. The van der Waals surface area contributed by atoms with E-state index in [9.17, 15) is 4.79 Å². The molecule has 0 saturated heterocycles. The molecule has 106 valence electrons. The molecule has 0 aliphatic rings. The topological polar surface area (TPSA) is 48.7 Å². The van der Waals surface area contributed by atoms with Crippen molar-refractivity contribution in [3.63, 3.8) is 0 Å². The first-order valence-corrected chi connectivity index (χ1v) is 6.58. The van der Waals surface area contributed by atoms with Crippen LogP contribution in [0.5, 0.6) is 5.75 Å². The Morgan fingerprint density at radius 2 is 1.90 bits per heavy atom. The summed E-state index contributed by atoms with van der Waals surface area (Å²) < 4.78 is 16.5. The lowest BCUT2D eigenvalue weighted by Crippen LogP contribution is -2.11. The molecule has 0 amide bonds. The van der Waals surface area contributed by atoms with E-state index in [-0.39, 0.29) is 17.8 Å². The third-order valence-electron chi connectivity index (χ3n) is 2.76. The number of benzene rings is 1. The van der Waals surface area contributed by atoms with Crippen molar-refractivity contribution in [3.8, 4) is 5.75 Å². The highest BCUT2D eigenvalue weighted by molar-refractivity contribution is 5.26. The van der Waals surface area contributed by atoms with Crippen molar-refractivity contribution < 1.29 is 13.9 Å². The standard InChI is InChI=1S/C16H18O4/c1-3-18-11-15-16(14(17)9-12(2)20-15)19-10-13-7-5-4-6-8-13/h4-9H,3,10-11H2,1-2H3. The summed E-state index contributed by atoms with van der Waals surface area (Å²) in [6.07, 6.45) is 0. The van der Waals surface area contributed by atoms with E-state index in [0.29, 0.717) is 24.7 Å². The van der Waals surface area contributed by atoms with Gasteiger partial charge in [-0.15, -0.1) is 0 Å². The lowest BCUT2D eigenvalue weighted by Gasteiger charge is -2.10. The lowest BCUT2D eigenvalue weighted by atomic mass is 10.2. The molecule has 0 fully saturated rings. The highest BCUT2D eigenvalue weighted by atomic mass is 16.5. The first-order chi connectivity index (χ1) is 9.70. The van der Waals surface area contributed by atoms with Gasteiger partial charge in [0, 0.05) is 12.7 Å². The average molecular weight is 274 g/mol. The minimum absolute atomic E-state index is 0.181. The summed E-state index contributed by atoms with van der Waals surface area (Å²) in [7, 11) is 0. The fourth-order valence-electron chi connectivity index (χ4n) is 1.83. The van der Waals surface area contributed by atoms with Crippen LogP contribution in [0.1, 0.15) is 24.0 Å². The molecule has 20 heavy (non-hydrogen) atoms. The molecule has 0 bridgehead atoms. The second kappa shape index (κ2) is 6.91. The third-order valence-corrected chi connectivity index (χ3v) is 2.76. The molecule has 1 aromatic carbocycles. The molecular formula is C16H18O4. The SMILES string of the molecule is CCOCc1oc(C)cc(=O)c1OCc1ccccc1. The Balaban J connectivity index is 2.19. The molecule has 0 aliphatic carbocycles. The molecule has 0 spiro atoms. The monoisotopic (exact) mass is 274 g/mol. The Morgan fingerprint density at radius 1 is 1.15 bits per heavy atom. The van der Waals surface area contributed by atoms with E-state index in [2.05, 4.69) is 0 Å². The van der Waals surface area contributed by atoms with Gasteiger partial charge in [0.05, 0.1) is 0 Å². The molecule has 2 rings (SSSR count). The number of hydrogen-bond acceptors (Lipinski definition) is 4. The van der Waals surface area contributed by atoms with Crippen LogP contribution in [0.15, 0.2) is 45.6 Å². The van der Waals surface area contributed by atoms with E-state index in [1.54, 1.807) is 6.92 Å². The van der Waals surface area contributed by atoms with Gasteiger partial charge in [0.15, 0.2) is 5.76 Å². The average Bonchev–Trinajstić information content (AvgIpc) is 2.45. The summed E-state index contributed by atoms with van der Waals surface area (Å²) in [5, 5.41) is 0. The third kappa shape index (κ3) is 3.71. The maximum absolute atomic E-state index is 12.0. The Morgan fingerprint density at radius 3 is 2.60 bits per heavy atom. The summed E-state index contributed by atoms with van der Waals surface area (Å²) in [5.41, 5.74) is 0.814. The minimum atomic E-state index is -0.181. The molecule has 0 aliphatic heterocycles. The second-order valence-electron chi connectivity index (χ2n) is 4.39. The summed E-state index contributed by atoms with van der Waals surface area (Å²) in [5.74, 6) is 1.22. The Hall–Kier alpha value is -2.07. The van der Waals surface area contributed by atoms with Gasteiger partial charge in [-0.05, 0) is 19.4 Å². The normalized spacial score (nSPS) is 10.5. The van der Waals surface area contributed by atoms with Crippen LogP contribution in [-0.4, -0.2) is 6.61 Å². The zero-order valence-electron chi connectivity index (χ0n) is 11.7. The number of rotatable bonds is 6. The highest BCUT2D eigenvalue weighted by Gasteiger charge is 2.13. The van der Waals surface area contributed by atoms with Gasteiger partial charge in [-0.1, -0.05) is 30.3 Å². The smallest absolute Gasteiger partial charge is 0.227 e. The van der Waals surface area contributed by atoms with Gasteiger partial charge in [0.1, 0.15) is 19.0 Å². The molecule has 4 nitrogen and oxygen atoms in total. The van der Waals surface area contributed by atoms with Gasteiger partial charge in [0.2, 0.25) is 11.2 Å². The first kappa shape index (κ1) is 14.3. The molecule has 4 heteroatoms. The maximum Gasteiger partial charge on any atom is 0.227 e.